The summed E-state index contributed by atoms with van der Waals surface area (Å²) in [7, 11) is 0. The standard InChI is InChI=1S/C8H12FN/c1-8(2,3)6-4-5-7(9)10-6/h4H,5H2,1-3H3. The Kier molecular flexibility index (Phi) is 1.63. The van der Waals surface area contributed by atoms with Gasteiger partial charge in [0.1, 0.15) is 0 Å². The highest BCUT2D eigenvalue weighted by molar-refractivity contribution is 5.80. The number of hydrogen-bond acceptors (Lipinski definition) is 1. The summed E-state index contributed by atoms with van der Waals surface area (Å²) in [6, 6.07) is 0. The summed E-state index contributed by atoms with van der Waals surface area (Å²) in [5.74, 6) is -0.259. The Balaban J connectivity index is 2.77. The van der Waals surface area contributed by atoms with Gasteiger partial charge in [0.25, 0.3) is 0 Å². The first kappa shape index (κ1) is 7.45. The van der Waals surface area contributed by atoms with E-state index in [1.54, 1.807) is 0 Å². The smallest absolute Gasteiger partial charge is 0.193 e. The second kappa shape index (κ2) is 2.19. The number of nitrogens with zero attached hydrogens (tertiary/aromatic N) is 1. The molecule has 10 heavy (non-hydrogen) atoms. The van der Waals surface area contributed by atoms with E-state index in [9.17, 15) is 4.39 Å². The molecule has 1 aliphatic heterocycles. The van der Waals surface area contributed by atoms with Gasteiger partial charge in [-0.05, 0) is 0 Å². The van der Waals surface area contributed by atoms with Gasteiger partial charge < -0.3 is 0 Å². The van der Waals surface area contributed by atoms with E-state index in [-0.39, 0.29) is 11.4 Å². The number of halogens is 1. The molecule has 0 radical (unpaired) electrons. The molecule has 1 aliphatic rings. The number of allylic oxidation sites excluding steroid dienone is 2. The van der Waals surface area contributed by atoms with Crippen LogP contribution in [-0.4, -0.2) is 5.97 Å². The van der Waals surface area contributed by atoms with E-state index in [2.05, 4.69) is 4.99 Å². The first-order chi connectivity index (χ1) is 4.50. The van der Waals surface area contributed by atoms with Crippen molar-refractivity contribution in [3.05, 3.63) is 11.8 Å². The van der Waals surface area contributed by atoms with Crippen LogP contribution in [0.2, 0.25) is 0 Å². The lowest BCUT2D eigenvalue weighted by molar-refractivity contribution is 0.499. The zero-order valence-electron chi connectivity index (χ0n) is 6.61. The Bertz CT molecular complexity index is 196. The van der Waals surface area contributed by atoms with Crippen LogP contribution in [0.15, 0.2) is 16.8 Å². The van der Waals surface area contributed by atoms with Gasteiger partial charge >= 0.3 is 0 Å². The van der Waals surface area contributed by atoms with Crippen LogP contribution in [0.1, 0.15) is 27.2 Å². The number of hydrogen-bond donors (Lipinski definition) is 0. The van der Waals surface area contributed by atoms with Crippen LogP contribution in [0.4, 0.5) is 4.39 Å². The lowest BCUT2D eigenvalue weighted by atomic mass is 9.92. The molecule has 0 unspecified atom stereocenters. The van der Waals surface area contributed by atoms with Gasteiger partial charge in [0, 0.05) is 17.5 Å². The molecule has 1 nitrogen and oxygen atoms in total. The summed E-state index contributed by atoms with van der Waals surface area (Å²) in [6.45, 7) is 6.09. The lowest BCUT2D eigenvalue weighted by Gasteiger charge is -2.16. The van der Waals surface area contributed by atoms with Crippen molar-refractivity contribution in [1.82, 2.24) is 0 Å². The van der Waals surface area contributed by atoms with Crippen molar-refractivity contribution in [1.29, 1.82) is 0 Å². The Hall–Kier alpha value is -0.660. The molecule has 0 aromatic heterocycles. The Morgan fingerprint density at radius 2 is 2.10 bits per heavy atom. The van der Waals surface area contributed by atoms with E-state index in [0.29, 0.717) is 6.42 Å². The average Bonchev–Trinajstić information content (AvgIpc) is 2.11. The monoisotopic (exact) mass is 141 g/mol. The molecule has 0 saturated heterocycles. The molecule has 0 saturated carbocycles. The number of rotatable bonds is 0. The van der Waals surface area contributed by atoms with Gasteiger partial charge in [-0.25, -0.2) is 4.99 Å². The third-order valence-corrected chi connectivity index (χ3v) is 1.47. The van der Waals surface area contributed by atoms with Crippen molar-refractivity contribution in [3.63, 3.8) is 0 Å². The molecule has 0 aromatic carbocycles. The average molecular weight is 141 g/mol. The zero-order valence-corrected chi connectivity index (χ0v) is 6.61. The molecule has 0 spiro atoms. The lowest BCUT2D eigenvalue weighted by Crippen LogP contribution is -2.05. The normalized spacial score (nSPS) is 18.8. The van der Waals surface area contributed by atoms with E-state index >= 15 is 0 Å². The Labute approximate surface area is 60.7 Å². The highest BCUT2D eigenvalue weighted by Crippen LogP contribution is 2.29. The predicted octanol–water partition coefficient (Wildman–Crippen LogP) is 2.69. The maximum atomic E-state index is 12.4. The summed E-state index contributed by atoms with van der Waals surface area (Å²) in [6.07, 6.45) is 2.22. The van der Waals surface area contributed by atoms with E-state index in [0.717, 1.165) is 5.70 Å². The minimum atomic E-state index is -0.259. The van der Waals surface area contributed by atoms with Crippen LogP contribution in [0.5, 0.6) is 0 Å². The molecular formula is C8H12FN. The van der Waals surface area contributed by atoms with Crippen LogP contribution >= 0.6 is 0 Å². The predicted molar refractivity (Wildman–Crippen MR) is 40.7 cm³/mol. The molecule has 0 aromatic rings. The van der Waals surface area contributed by atoms with Crippen LogP contribution < -0.4 is 0 Å². The molecule has 0 atom stereocenters. The quantitative estimate of drug-likeness (QED) is 0.491. The van der Waals surface area contributed by atoms with Crippen molar-refractivity contribution in [2.24, 2.45) is 10.4 Å². The molecule has 2 heteroatoms. The summed E-state index contributed by atoms with van der Waals surface area (Å²) in [5.41, 5.74) is 0.860. The van der Waals surface area contributed by atoms with Gasteiger partial charge in [-0.3, -0.25) is 0 Å². The fraction of sp³-hybridized carbons (Fsp3) is 0.625. The van der Waals surface area contributed by atoms with E-state index < -0.39 is 0 Å². The van der Waals surface area contributed by atoms with Gasteiger partial charge in [0.2, 0.25) is 0 Å². The summed E-state index contributed by atoms with van der Waals surface area (Å²) < 4.78 is 12.4. The van der Waals surface area contributed by atoms with E-state index in [1.807, 2.05) is 26.8 Å². The van der Waals surface area contributed by atoms with Crippen LogP contribution in [0.3, 0.4) is 0 Å². The Morgan fingerprint density at radius 1 is 1.50 bits per heavy atom. The molecule has 0 fully saturated rings. The van der Waals surface area contributed by atoms with Crippen molar-refractivity contribution in [3.8, 4) is 0 Å². The topological polar surface area (TPSA) is 12.4 Å². The fourth-order valence-corrected chi connectivity index (χ4v) is 0.877. The van der Waals surface area contributed by atoms with Crippen molar-refractivity contribution >= 4 is 5.97 Å². The highest BCUT2D eigenvalue weighted by atomic mass is 19.1. The second-order valence-electron chi connectivity index (χ2n) is 3.53. The van der Waals surface area contributed by atoms with Crippen molar-refractivity contribution in [2.75, 3.05) is 0 Å². The maximum Gasteiger partial charge on any atom is 0.193 e. The van der Waals surface area contributed by atoms with E-state index in [4.69, 9.17) is 0 Å². The van der Waals surface area contributed by atoms with Gasteiger partial charge in [0.05, 0.1) is 0 Å². The zero-order chi connectivity index (χ0) is 7.78. The first-order valence-electron chi connectivity index (χ1n) is 3.44. The van der Waals surface area contributed by atoms with Crippen LogP contribution in [0, 0.1) is 5.41 Å². The molecule has 0 aliphatic carbocycles. The van der Waals surface area contributed by atoms with Crippen LogP contribution in [0.25, 0.3) is 0 Å². The summed E-state index contributed by atoms with van der Waals surface area (Å²) >= 11 is 0. The fourth-order valence-electron chi connectivity index (χ4n) is 0.877. The van der Waals surface area contributed by atoms with Gasteiger partial charge in [0.15, 0.2) is 5.97 Å². The molecule has 1 heterocycles. The minimum absolute atomic E-state index is 0.00611. The largest absolute Gasteiger partial charge is 0.228 e. The molecular weight excluding hydrogens is 129 g/mol. The number of aliphatic imine (C=N–C) groups is 1. The Morgan fingerprint density at radius 3 is 2.30 bits per heavy atom. The van der Waals surface area contributed by atoms with E-state index in [1.165, 1.54) is 0 Å². The highest BCUT2D eigenvalue weighted by Gasteiger charge is 2.20. The van der Waals surface area contributed by atoms with Gasteiger partial charge in [-0.2, -0.15) is 4.39 Å². The SMILES string of the molecule is CC(C)(C)C1=CCC(F)=N1. The third-order valence-electron chi connectivity index (χ3n) is 1.47. The second-order valence-corrected chi connectivity index (χ2v) is 3.53. The first-order valence-corrected chi connectivity index (χ1v) is 3.44. The van der Waals surface area contributed by atoms with Crippen molar-refractivity contribution in [2.45, 2.75) is 27.2 Å². The molecule has 0 amide bonds. The summed E-state index contributed by atoms with van der Waals surface area (Å²) in [4.78, 5) is 3.77. The third kappa shape index (κ3) is 1.43. The molecule has 56 valence electrons. The van der Waals surface area contributed by atoms with Crippen molar-refractivity contribution < 1.29 is 4.39 Å². The molecule has 0 N–H and O–H groups in total. The minimum Gasteiger partial charge on any atom is -0.228 e. The van der Waals surface area contributed by atoms with Crippen LogP contribution in [-0.2, 0) is 0 Å². The molecule has 0 bridgehead atoms. The maximum absolute atomic E-state index is 12.4. The van der Waals surface area contributed by atoms with Gasteiger partial charge in [-0.1, -0.05) is 26.8 Å². The van der Waals surface area contributed by atoms with Gasteiger partial charge in [-0.15, -0.1) is 0 Å². The summed E-state index contributed by atoms with van der Waals surface area (Å²) in [5, 5.41) is 0. The molecule has 1 rings (SSSR count).